The molecule has 0 saturated heterocycles. The van der Waals surface area contributed by atoms with Gasteiger partial charge in [0.15, 0.2) is 0 Å². The first-order valence-corrected chi connectivity index (χ1v) is 13.2. The van der Waals surface area contributed by atoms with Gasteiger partial charge in [0, 0.05) is 36.8 Å². The van der Waals surface area contributed by atoms with Crippen LogP contribution in [-0.4, -0.2) is 36.4 Å². The molecule has 0 aromatic heterocycles. The van der Waals surface area contributed by atoms with Gasteiger partial charge in [-0.05, 0) is 54.2 Å². The van der Waals surface area contributed by atoms with Gasteiger partial charge in [-0.3, -0.25) is 14.5 Å². The summed E-state index contributed by atoms with van der Waals surface area (Å²) in [5, 5.41) is 6.70. The summed E-state index contributed by atoms with van der Waals surface area (Å²) in [6, 6.07) is 23.5. The Balaban J connectivity index is 1.49. The quantitative estimate of drug-likeness (QED) is 0.487. The third kappa shape index (κ3) is 8.92. The summed E-state index contributed by atoms with van der Waals surface area (Å²) in [6.45, 7) is 3.22. The van der Waals surface area contributed by atoms with E-state index in [0.29, 0.717) is 44.4 Å². The van der Waals surface area contributed by atoms with Crippen molar-refractivity contribution < 1.29 is 14.3 Å². The highest BCUT2D eigenvalue weighted by atomic mass is 35.5. The van der Waals surface area contributed by atoms with Crippen LogP contribution >= 0.6 is 11.6 Å². The minimum atomic E-state index is -0.0546. The highest BCUT2D eigenvalue weighted by Gasteiger charge is 2.17. The van der Waals surface area contributed by atoms with E-state index in [1.807, 2.05) is 60.7 Å². The van der Waals surface area contributed by atoms with Gasteiger partial charge in [0.1, 0.15) is 5.75 Å². The molecule has 0 saturated carbocycles. The molecule has 1 aliphatic rings. The summed E-state index contributed by atoms with van der Waals surface area (Å²) in [7, 11) is 0. The van der Waals surface area contributed by atoms with Crippen molar-refractivity contribution in [2.45, 2.75) is 45.3 Å². The Labute approximate surface area is 224 Å². The van der Waals surface area contributed by atoms with Crippen LogP contribution in [0.5, 0.6) is 5.75 Å². The molecule has 3 aromatic carbocycles. The van der Waals surface area contributed by atoms with Crippen molar-refractivity contribution in [2.75, 3.05) is 19.7 Å². The van der Waals surface area contributed by atoms with Crippen molar-refractivity contribution in [2.24, 2.45) is 0 Å². The van der Waals surface area contributed by atoms with E-state index in [1.165, 1.54) is 0 Å². The maximum absolute atomic E-state index is 12.7. The molecule has 0 fully saturated rings. The first kappa shape index (κ1) is 26.7. The zero-order chi connectivity index (χ0) is 25.9. The van der Waals surface area contributed by atoms with E-state index in [9.17, 15) is 9.59 Å². The largest absolute Gasteiger partial charge is 0.493 e. The number of hydrogen-bond donors (Lipinski definition) is 2. The molecule has 0 spiro atoms. The van der Waals surface area contributed by atoms with E-state index in [0.717, 1.165) is 47.3 Å². The van der Waals surface area contributed by atoms with Gasteiger partial charge in [0.05, 0.1) is 19.6 Å². The van der Waals surface area contributed by atoms with Crippen LogP contribution in [0, 0.1) is 0 Å². The molecule has 0 atom stereocenters. The number of carbonyl (C=O) groups excluding carboxylic acids is 2. The van der Waals surface area contributed by atoms with E-state index < -0.39 is 0 Å². The highest BCUT2D eigenvalue weighted by Crippen LogP contribution is 2.24. The Hall–Kier alpha value is -3.35. The van der Waals surface area contributed by atoms with E-state index >= 15 is 0 Å². The fourth-order valence-electron chi connectivity index (χ4n) is 4.38. The lowest BCUT2D eigenvalue weighted by molar-refractivity contribution is -0.122. The molecule has 3 aromatic rings. The summed E-state index contributed by atoms with van der Waals surface area (Å²) < 4.78 is 6.16. The minimum Gasteiger partial charge on any atom is -0.493 e. The molecule has 194 valence electrons. The van der Waals surface area contributed by atoms with Crippen LogP contribution < -0.4 is 15.4 Å². The summed E-state index contributed by atoms with van der Waals surface area (Å²) >= 11 is 5.95. The monoisotopic (exact) mass is 519 g/mol. The molecule has 6 nitrogen and oxygen atoms in total. The minimum absolute atomic E-state index is 0.0235. The topological polar surface area (TPSA) is 70.7 Å². The molecule has 0 unspecified atom stereocenters. The first-order chi connectivity index (χ1) is 18.0. The van der Waals surface area contributed by atoms with Gasteiger partial charge in [-0.15, -0.1) is 0 Å². The highest BCUT2D eigenvalue weighted by molar-refractivity contribution is 6.30. The molecule has 37 heavy (non-hydrogen) atoms. The average Bonchev–Trinajstić information content (AvgIpc) is 2.90. The second kappa shape index (κ2) is 13.8. The van der Waals surface area contributed by atoms with E-state index in [2.05, 4.69) is 27.7 Å². The Morgan fingerprint density at radius 3 is 2.51 bits per heavy atom. The molecular weight excluding hydrogens is 486 g/mol. The molecular formula is C30H34ClN3O3. The normalized spacial score (nSPS) is 15.2. The average molecular weight is 520 g/mol. The molecule has 2 N–H and O–H groups in total. The van der Waals surface area contributed by atoms with Crippen LogP contribution in [0.3, 0.4) is 0 Å². The maximum Gasteiger partial charge on any atom is 0.234 e. The lowest BCUT2D eigenvalue weighted by Gasteiger charge is -2.23. The van der Waals surface area contributed by atoms with Crippen LogP contribution in [-0.2, 0) is 35.6 Å². The Bertz CT molecular complexity index is 1170. The van der Waals surface area contributed by atoms with Gasteiger partial charge < -0.3 is 15.4 Å². The molecule has 2 amide bonds. The third-order valence-electron chi connectivity index (χ3n) is 6.30. The Morgan fingerprint density at radius 1 is 0.919 bits per heavy atom. The fraction of sp³-hybridized carbons (Fsp3) is 0.333. The number of nitrogens with zero attached hydrogens (tertiary/aromatic N) is 1. The summed E-state index contributed by atoms with van der Waals surface area (Å²) in [6.07, 6.45) is 3.12. The SMILES string of the molecule is O=C(Cc1ccc2c(c1)CN(Cc1ccccc1)CC(=O)NCCCCCO2)NCc1ccc(Cl)cc1. The van der Waals surface area contributed by atoms with Gasteiger partial charge in [0.25, 0.3) is 0 Å². The molecule has 1 heterocycles. The molecule has 4 rings (SSSR count). The maximum atomic E-state index is 12.7. The van der Waals surface area contributed by atoms with Crippen LogP contribution in [0.1, 0.15) is 41.5 Å². The number of benzene rings is 3. The summed E-state index contributed by atoms with van der Waals surface area (Å²) in [5.74, 6) is 0.777. The van der Waals surface area contributed by atoms with Gasteiger partial charge in [0.2, 0.25) is 11.8 Å². The van der Waals surface area contributed by atoms with Crippen molar-refractivity contribution in [3.63, 3.8) is 0 Å². The second-order valence-electron chi connectivity index (χ2n) is 9.41. The lowest BCUT2D eigenvalue weighted by atomic mass is 10.1. The fourth-order valence-corrected chi connectivity index (χ4v) is 4.51. The van der Waals surface area contributed by atoms with E-state index in [1.54, 1.807) is 0 Å². The number of fused-ring (bicyclic) bond motifs is 1. The van der Waals surface area contributed by atoms with Gasteiger partial charge >= 0.3 is 0 Å². The van der Waals surface area contributed by atoms with Gasteiger partial charge in [-0.25, -0.2) is 0 Å². The third-order valence-corrected chi connectivity index (χ3v) is 6.56. The zero-order valence-corrected chi connectivity index (χ0v) is 21.8. The van der Waals surface area contributed by atoms with Crippen LogP contribution in [0.4, 0.5) is 0 Å². The number of hydrogen-bond acceptors (Lipinski definition) is 4. The molecule has 0 aliphatic carbocycles. The number of ether oxygens (including phenoxy) is 1. The van der Waals surface area contributed by atoms with Crippen molar-refractivity contribution in [3.05, 3.63) is 100 Å². The smallest absolute Gasteiger partial charge is 0.234 e. The molecule has 0 bridgehead atoms. The number of rotatable bonds is 6. The van der Waals surface area contributed by atoms with E-state index in [4.69, 9.17) is 16.3 Å². The van der Waals surface area contributed by atoms with Crippen LogP contribution in [0.25, 0.3) is 0 Å². The van der Waals surface area contributed by atoms with Crippen molar-refractivity contribution >= 4 is 23.4 Å². The number of nitrogens with one attached hydrogen (secondary N) is 2. The van der Waals surface area contributed by atoms with E-state index in [-0.39, 0.29) is 18.2 Å². The van der Waals surface area contributed by atoms with Crippen molar-refractivity contribution in [3.8, 4) is 5.75 Å². The van der Waals surface area contributed by atoms with Gasteiger partial charge in [-0.2, -0.15) is 0 Å². The second-order valence-corrected chi connectivity index (χ2v) is 9.85. The first-order valence-electron chi connectivity index (χ1n) is 12.8. The van der Waals surface area contributed by atoms with Crippen LogP contribution in [0.15, 0.2) is 72.8 Å². The van der Waals surface area contributed by atoms with Gasteiger partial charge in [-0.1, -0.05) is 66.2 Å². The molecule has 7 heteroatoms. The zero-order valence-electron chi connectivity index (χ0n) is 21.0. The lowest BCUT2D eigenvalue weighted by Crippen LogP contribution is -2.37. The summed E-state index contributed by atoms with van der Waals surface area (Å²) in [5.41, 5.74) is 4.02. The predicted octanol–water partition coefficient (Wildman–Crippen LogP) is 4.88. The standard InChI is InChI=1S/C30H34ClN3O3/c31-27-12-9-23(10-13-27)19-33-29(35)18-25-11-14-28-26(17-25)21-34(20-24-7-3-1-4-8-24)22-30(36)32-15-5-2-6-16-37-28/h1,3-4,7-14,17H,2,5-6,15-16,18-22H2,(H,32,36)(H,33,35). The Kier molecular flexibility index (Phi) is 9.97. The molecule has 0 radical (unpaired) electrons. The number of halogens is 1. The van der Waals surface area contributed by atoms with Crippen LogP contribution in [0.2, 0.25) is 5.02 Å². The number of amides is 2. The number of carbonyl (C=O) groups is 2. The van der Waals surface area contributed by atoms with Crippen molar-refractivity contribution in [1.29, 1.82) is 0 Å². The van der Waals surface area contributed by atoms with Crippen molar-refractivity contribution in [1.82, 2.24) is 15.5 Å². The predicted molar refractivity (Wildman–Crippen MR) is 146 cm³/mol. The Morgan fingerprint density at radius 2 is 1.70 bits per heavy atom. The molecule has 1 aliphatic heterocycles. The summed E-state index contributed by atoms with van der Waals surface area (Å²) in [4.78, 5) is 27.5.